The van der Waals surface area contributed by atoms with E-state index in [0.717, 1.165) is 0 Å². The molecule has 0 atom stereocenters. The van der Waals surface area contributed by atoms with Crippen molar-refractivity contribution in [1.29, 1.82) is 0 Å². The first-order valence-electron chi connectivity index (χ1n) is 4.98. The molecule has 0 heterocycles. The average Bonchev–Trinajstić information content (AvgIpc) is 2.30. The van der Waals surface area contributed by atoms with Crippen molar-refractivity contribution in [2.24, 2.45) is 0 Å². The van der Waals surface area contributed by atoms with Crippen LogP contribution in [-0.4, -0.2) is 0 Å². The molecule has 1 heteroatoms. The molecule has 0 bridgehead atoms. The second-order valence-electron chi connectivity index (χ2n) is 3.69. The van der Waals surface area contributed by atoms with Crippen molar-refractivity contribution in [3.8, 4) is 0 Å². The van der Waals surface area contributed by atoms with Gasteiger partial charge in [0.05, 0.1) is 0 Å². The minimum atomic E-state index is 1.33. The predicted octanol–water partition coefficient (Wildman–Crippen LogP) is 3.17. The Labute approximate surface area is 100 Å². The first-order chi connectivity index (χ1) is 7.36. The molecule has 15 heavy (non-hydrogen) atoms. The van der Waals surface area contributed by atoms with E-state index < -0.39 is 0 Å². The van der Waals surface area contributed by atoms with Crippen molar-refractivity contribution < 1.29 is 20.4 Å². The predicted molar refractivity (Wildman–Crippen MR) is 61.1 cm³/mol. The Morgan fingerprint density at radius 2 is 1.13 bits per heavy atom. The minimum absolute atomic E-state index is 1.33. The van der Waals surface area contributed by atoms with Crippen LogP contribution in [-0.2, 0) is 20.4 Å². The van der Waals surface area contributed by atoms with E-state index >= 15 is 0 Å². The van der Waals surface area contributed by atoms with Crippen molar-refractivity contribution >= 4 is 25.4 Å². The van der Waals surface area contributed by atoms with Gasteiger partial charge in [-0.15, -0.1) is 0 Å². The Morgan fingerprint density at radius 1 is 0.667 bits per heavy atom. The number of fused-ring (bicyclic) bond motifs is 2. The van der Waals surface area contributed by atoms with Gasteiger partial charge in [0, 0.05) is 0 Å². The summed E-state index contributed by atoms with van der Waals surface area (Å²) in [5.74, 6) is 0. The fourth-order valence-corrected chi connectivity index (χ4v) is 2.72. The molecule has 0 unspecified atom stereocenters. The molecule has 0 nitrogen and oxygen atoms in total. The molecular weight excluding hydrogens is 216 g/mol. The average molecular weight is 225 g/mol. The quantitative estimate of drug-likeness (QED) is 0.407. The number of benzene rings is 3. The molecule has 0 saturated heterocycles. The molecule has 0 amide bonds. The van der Waals surface area contributed by atoms with Gasteiger partial charge in [-0.3, -0.25) is 0 Å². The molecule has 0 aliphatic rings. The first kappa shape index (κ1) is 9.14. The van der Waals surface area contributed by atoms with Gasteiger partial charge >= 0.3 is 100 Å². The van der Waals surface area contributed by atoms with Crippen molar-refractivity contribution in [3.05, 3.63) is 54.6 Å². The van der Waals surface area contributed by atoms with Gasteiger partial charge in [-0.25, -0.2) is 0 Å². The monoisotopic (exact) mass is 225 g/mol. The van der Waals surface area contributed by atoms with Crippen molar-refractivity contribution in [2.45, 2.75) is 0 Å². The summed E-state index contributed by atoms with van der Waals surface area (Å²) in [7, 11) is 0. The molecule has 0 aromatic heterocycles. The molecule has 0 saturated carbocycles. The normalized spacial score (nSPS) is 10.9. The molecule has 69 valence electrons. The molecule has 0 aliphatic heterocycles. The second kappa shape index (κ2) is 3.48. The van der Waals surface area contributed by atoms with E-state index in [-0.39, 0.29) is 0 Å². The van der Waals surface area contributed by atoms with Gasteiger partial charge in [0.1, 0.15) is 0 Å². The van der Waals surface area contributed by atoms with Crippen molar-refractivity contribution in [2.75, 3.05) is 0 Å². The molecule has 3 rings (SSSR count). The summed E-state index contributed by atoms with van der Waals surface area (Å²) < 4.78 is 1.38. The zero-order chi connectivity index (χ0) is 10.3. The van der Waals surface area contributed by atoms with Crippen molar-refractivity contribution in [1.82, 2.24) is 0 Å². The Morgan fingerprint density at radius 3 is 1.67 bits per heavy atom. The summed E-state index contributed by atoms with van der Waals surface area (Å²) in [4.78, 5) is 0. The van der Waals surface area contributed by atoms with Gasteiger partial charge < -0.3 is 0 Å². The van der Waals surface area contributed by atoms with Crippen LogP contribution >= 0.6 is 0 Å². The molecule has 0 spiro atoms. The molecular formula is C14H9Ti. The summed E-state index contributed by atoms with van der Waals surface area (Å²) in [6.45, 7) is 0. The fraction of sp³-hybridized carbons (Fsp3) is 0. The third-order valence-electron chi connectivity index (χ3n) is 2.77. The fourth-order valence-electron chi connectivity index (χ4n) is 2.01. The SMILES string of the molecule is [Ti][c]1c2ccccc2cc2ccccc12. The molecule has 3 aromatic rings. The zero-order valence-corrected chi connectivity index (χ0v) is 9.76. The van der Waals surface area contributed by atoms with Crippen LogP contribution in [0, 0.1) is 0 Å². The van der Waals surface area contributed by atoms with Gasteiger partial charge in [-0.05, 0) is 0 Å². The van der Waals surface area contributed by atoms with Gasteiger partial charge in [0.15, 0.2) is 0 Å². The van der Waals surface area contributed by atoms with Crippen LogP contribution < -0.4 is 3.87 Å². The van der Waals surface area contributed by atoms with Crippen molar-refractivity contribution in [3.63, 3.8) is 0 Å². The molecule has 0 aliphatic carbocycles. The van der Waals surface area contributed by atoms with Crippen LogP contribution in [0.3, 0.4) is 0 Å². The standard InChI is InChI=1S/C14H9.Ti/c1-2-6-12-10-14-8-4-3-7-13(14)9-11(12)5-1;/h1-9H;. The molecule has 0 N–H and O–H groups in total. The first-order valence-corrected chi connectivity index (χ1v) is 5.76. The number of hydrogen-bond donors (Lipinski definition) is 0. The summed E-state index contributed by atoms with van der Waals surface area (Å²) in [6, 6.07) is 19.4. The second-order valence-corrected chi connectivity index (χ2v) is 4.47. The van der Waals surface area contributed by atoms with Crippen LogP contribution in [0.25, 0.3) is 21.5 Å². The van der Waals surface area contributed by atoms with Gasteiger partial charge in [0.2, 0.25) is 0 Å². The van der Waals surface area contributed by atoms with Crippen LogP contribution in [0.2, 0.25) is 0 Å². The maximum atomic E-state index is 2.26. The summed E-state index contributed by atoms with van der Waals surface area (Å²) in [5, 5.41) is 5.37. The Bertz CT molecular complexity index is 587. The van der Waals surface area contributed by atoms with Gasteiger partial charge in [-0.1, -0.05) is 0 Å². The summed E-state index contributed by atoms with van der Waals surface area (Å²) in [6.07, 6.45) is 0. The molecule has 0 radical (unpaired) electrons. The Kier molecular flexibility index (Phi) is 2.12. The van der Waals surface area contributed by atoms with Gasteiger partial charge in [0.25, 0.3) is 0 Å². The van der Waals surface area contributed by atoms with E-state index in [1.165, 1.54) is 25.4 Å². The topological polar surface area (TPSA) is 0 Å². The maximum absolute atomic E-state index is 2.26. The number of hydrogen-bond acceptors (Lipinski definition) is 0. The van der Waals surface area contributed by atoms with Gasteiger partial charge in [-0.2, -0.15) is 0 Å². The van der Waals surface area contributed by atoms with E-state index in [9.17, 15) is 0 Å². The summed E-state index contributed by atoms with van der Waals surface area (Å²) in [5.41, 5.74) is 0. The molecule has 0 fully saturated rings. The van der Waals surface area contributed by atoms with E-state index in [2.05, 4.69) is 75.0 Å². The third kappa shape index (κ3) is 1.41. The Balaban J connectivity index is 2.60. The summed E-state index contributed by atoms with van der Waals surface area (Å²) >= 11 is 2.20. The zero-order valence-electron chi connectivity index (χ0n) is 8.20. The Hall–Kier alpha value is -1.11. The van der Waals surface area contributed by atoms with Crippen LogP contribution in [0.15, 0.2) is 54.6 Å². The van der Waals surface area contributed by atoms with E-state index in [4.69, 9.17) is 0 Å². The van der Waals surface area contributed by atoms with Crippen LogP contribution in [0.5, 0.6) is 0 Å². The van der Waals surface area contributed by atoms with Crippen LogP contribution in [0.1, 0.15) is 0 Å². The van der Waals surface area contributed by atoms with Crippen LogP contribution in [0.4, 0.5) is 0 Å². The van der Waals surface area contributed by atoms with E-state index in [0.29, 0.717) is 0 Å². The number of rotatable bonds is 0. The third-order valence-corrected chi connectivity index (χ3v) is 3.61. The van der Waals surface area contributed by atoms with E-state index in [1.54, 1.807) is 0 Å². The molecule has 3 aromatic carbocycles. The van der Waals surface area contributed by atoms with E-state index in [1.807, 2.05) is 0 Å².